The lowest BCUT2D eigenvalue weighted by molar-refractivity contribution is 0.625. The SMILES string of the molecule is Cc1nnc(SCC(C)C)n1CCN. The minimum atomic E-state index is 0.633. The van der Waals surface area contributed by atoms with Crippen molar-refractivity contribution in [3.63, 3.8) is 0 Å². The van der Waals surface area contributed by atoms with Gasteiger partial charge >= 0.3 is 0 Å². The highest BCUT2D eigenvalue weighted by atomic mass is 32.2. The van der Waals surface area contributed by atoms with Crippen LogP contribution in [0.15, 0.2) is 5.16 Å². The molecule has 0 saturated heterocycles. The molecule has 0 aliphatic heterocycles. The van der Waals surface area contributed by atoms with Gasteiger partial charge in [0.05, 0.1) is 0 Å². The third-order valence-electron chi connectivity index (χ3n) is 1.80. The van der Waals surface area contributed by atoms with E-state index in [0.717, 1.165) is 23.3 Å². The van der Waals surface area contributed by atoms with Crippen LogP contribution < -0.4 is 5.73 Å². The molecule has 4 nitrogen and oxygen atoms in total. The highest BCUT2D eigenvalue weighted by Crippen LogP contribution is 2.19. The molecular weight excluding hydrogens is 196 g/mol. The number of nitrogens with zero attached hydrogens (tertiary/aromatic N) is 3. The van der Waals surface area contributed by atoms with E-state index in [1.807, 2.05) is 6.92 Å². The minimum absolute atomic E-state index is 0.633. The number of nitrogens with two attached hydrogens (primary N) is 1. The normalized spacial score (nSPS) is 11.2. The van der Waals surface area contributed by atoms with Crippen molar-refractivity contribution in [2.75, 3.05) is 12.3 Å². The van der Waals surface area contributed by atoms with Gasteiger partial charge in [0.15, 0.2) is 5.16 Å². The molecule has 0 amide bonds. The zero-order chi connectivity index (χ0) is 10.6. The summed E-state index contributed by atoms with van der Waals surface area (Å²) in [6.45, 7) is 7.79. The van der Waals surface area contributed by atoms with E-state index in [-0.39, 0.29) is 0 Å². The van der Waals surface area contributed by atoms with Crippen molar-refractivity contribution in [1.82, 2.24) is 14.8 Å². The molecule has 5 heteroatoms. The first kappa shape index (κ1) is 11.5. The maximum absolute atomic E-state index is 5.53. The van der Waals surface area contributed by atoms with Crippen LogP contribution >= 0.6 is 11.8 Å². The highest BCUT2D eigenvalue weighted by molar-refractivity contribution is 7.99. The maximum atomic E-state index is 5.53. The lowest BCUT2D eigenvalue weighted by Crippen LogP contribution is -2.12. The summed E-state index contributed by atoms with van der Waals surface area (Å²) in [5, 5.41) is 9.16. The van der Waals surface area contributed by atoms with Gasteiger partial charge in [0.1, 0.15) is 5.82 Å². The highest BCUT2D eigenvalue weighted by Gasteiger charge is 2.08. The van der Waals surface area contributed by atoms with Crippen molar-refractivity contribution in [1.29, 1.82) is 0 Å². The van der Waals surface area contributed by atoms with Crippen LogP contribution in [0.4, 0.5) is 0 Å². The number of rotatable bonds is 5. The average Bonchev–Trinajstić information content (AvgIpc) is 2.46. The lowest BCUT2D eigenvalue weighted by atomic mass is 10.3. The smallest absolute Gasteiger partial charge is 0.191 e. The van der Waals surface area contributed by atoms with E-state index in [0.29, 0.717) is 12.5 Å². The Hall–Kier alpha value is -0.550. The van der Waals surface area contributed by atoms with Gasteiger partial charge in [-0.3, -0.25) is 0 Å². The molecule has 0 aromatic carbocycles. The van der Waals surface area contributed by atoms with Gasteiger partial charge in [0, 0.05) is 18.8 Å². The van der Waals surface area contributed by atoms with Gasteiger partial charge in [-0.2, -0.15) is 0 Å². The predicted octanol–water partition coefficient (Wildman–Crippen LogP) is 1.29. The molecule has 0 fully saturated rings. The molecule has 0 spiro atoms. The van der Waals surface area contributed by atoms with Gasteiger partial charge in [-0.25, -0.2) is 0 Å². The predicted molar refractivity (Wildman–Crippen MR) is 59.4 cm³/mol. The first-order valence-electron chi connectivity index (χ1n) is 4.87. The number of thioether (sulfide) groups is 1. The van der Waals surface area contributed by atoms with E-state index in [2.05, 4.69) is 28.6 Å². The number of hydrogen-bond donors (Lipinski definition) is 1. The Morgan fingerprint density at radius 2 is 2.14 bits per heavy atom. The molecule has 1 heterocycles. The standard InChI is InChI=1S/C9H18N4S/c1-7(2)6-14-9-12-11-8(3)13(9)5-4-10/h7H,4-6,10H2,1-3H3. The zero-order valence-electron chi connectivity index (χ0n) is 9.03. The maximum Gasteiger partial charge on any atom is 0.191 e. The Balaban J connectivity index is 2.65. The van der Waals surface area contributed by atoms with Crippen molar-refractivity contribution in [3.8, 4) is 0 Å². The van der Waals surface area contributed by atoms with Crippen LogP contribution in [0.1, 0.15) is 19.7 Å². The number of aryl methyl sites for hydroxylation is 1. The molecule has 0 atom stereocenters. The Morgan fingerprint density at radius 1 is 1.43 bits per heavy atom. The zero-order valence-corrected chi connectivity index (χ0v) is 9.84. The summed E-state index contributed by atoms with van der Waals surface area (Å²) in [7, 11) is 0. The summed E-state index contributed by atoms with van der Waals surface area (Å²) < 4.78 is 2.08. The van der Waals surface area contributed by atoms with Gasteiger partial charge in [-0.05, 0) is 12.8 Å². The van der Waals surface area contributed by atoms with Crippen LogP contribution in [0.3, 0.4) is 0 Å². The molecule has 0 unspecified atom stereocenters. The molecule has 0 aliphatic rings. The molecule has 0 aliphatic carbocycles. The minimum Gasteiger partial charge on any atom is -0.329 e. The summed E-state index contributed by atoms with van der Waals surface area (Å²) in [6, 6.07) is 0. The topological polar surface area (TPSA) is 56.7 Å². The van der Waals surface area contributed by atoms with E-state index >= 15 is 0 Å². The Morgan fingerprint density at radius 3 is 2.71 bits per heavy atom. The summed E-state index contributed by atoms with van der Waals surface area (Å²) >= 11 is 1.75. The van der Waals surface area contributed by atoms with Crippen molar-refractivity contribution in [3.05, 3.63) is 5.82 Å². The van der Waals surface area contributed by atoms with Crippen LogP contribution in [0.25, 0.3) is 0 Å². The first-order chi connectivity index (χ1) is 6.65. The monoisotopic (exact) mass is 214 g/mol. The first-order valence-corrected chi connectivity index (χ1v) is 5.86. The van der Waals surface area contributed by atoms with Crippen LogP contribution in [0.5, 0.6) is 0 Å². The molecular formula is C9H18N4S. The molecule has 80 valence electrons. The van der Waals surface area contributed by atoms with E-state index in [1.54, 1.807) is 11.8 Å². The van der Waals surface area contributed by atoms with Crippen molar-refractivity contribution in [2.24, 2.45) is 11.7 Å². The fraction of sp³-hybridized carbons (Fsp3) is 0.778. The second kappa shape index (κ2) is 5.36. The Kier molecular flexibility index (Phi) is 4.41. The summed E-state index contributed by atoms with van der Waals surface area (Å²) in [5.41, 5.74) is 5.53. The van der Waals surface area contributed by atoms with E-state index in [9.17, 15) is 0 Å². The Labute approximate surface area is 89.3 Å². The van der Waals surface area contributed by atoms with Crippen molar-refractivity contribution in [2.45, 2.75) is 32.5 Å². The van der Waals surface area contributed by atoms with E-state index < -0.39 is 0 Å². The van der Waals surface area contributed by atoms with Crippen LogP contribution in [-0.4, -0.2) is 27.1 Å². The van der Waals surface area contributed by atoms with E-state index in [4.69, 9.17) is 5.73 Å². The number of hydrogen-bond acceptors (Lipinski definition) is 4. The molecule has 14 heavy (non-hydrogen) atoms. The van der Waals surface area contributed by atoms with Crippen LogP contribution in [0, 0.1) is 12.8 Å². The van der Waals surface area contributed by atoms with Crippen LogP contribution in [-0.2, 0) is 6.54 Å². The molecule has 1 aromatic heterocycles. The molecule has 0 bridgehead atoms. The van der Waals surface area contributed by atoms with Gasteiger partial charge in [0.25, 0.3) is 0 Å². The third-order valence-corrected chi connectivity index (χ3v) is 3.19. The summed E-state index contributed by atoms with van der Waals surface area (Å²) in [4.78, 5) is 0. The molecule has 0 saturated carbocycles. The van der Waals surface area contributed by atoms with Gasteiger partial charge in [-0.1, -0.05) is 25.6 Å². The fourth-order valence-corrected chi connectivity index (χ4v) is 2.06. The summed E-state index contributed by atoms with van der Waals surface area (Å²) in [6.07, 6.45) is 0. The Bertz CT molecular complexity index is 282. The van der Waals surface area contributed by atoms with Gasteiger partial charge in [0.2, 0.25) is 0 Å². The molecule has 2 N–H and O–H groups in total. The van der Waals surface area contributed by atoms with Gasteiger partial charge < -0.3 is 10.3 Å². The summed E-state index contributed by atoms with van der Waals surface area (Å²) in [5.74, 6) is 2.69. The van der Waals surface area contributed by atoms with E-state index in [1.165, 1.54) is 0 Å². The largest absolute Gasteiger partial charge is 0.329 e. The van der Waals surface area contributed by atoms with Gasteiger partial charge in [-0.15, -0.1) is 10.2 Å². The molecule has 0 radical (unpaired) electrons. The quantitative estimate of drug-likeness (QED) is 0.750. The average molecular weight is 214 g/mol. The van der Waals surface area contributed by atoms with Crippen molar-refractivity contribution >= 4 is 11.8 Å². The second-order valence-electron chi connectivity index (χ2n) is 3.67. The number of aromatic nitrogens is 3. The fourth-order valence-electron chi connectivity index (χ4n) is 1.10. The van der Waals surface area contributed by atoms with Crippen molar-refractivity contribution < 1.29 is 0 Å². The van der Waals surface area contributed by atoms with Crippen LogP contribution in [0.2, 0.25) is 0 Å². The molecule has 1 rings (SSSR count). The molecule has 1 aromatic rings. The third kappa shape index (κ3) is 2.99. The lowest BCUT2D eigenvalue weighted by Gasteiger charge is -2.07. The second-order valence-corrected chi connectivity index (χ2v) is 4.66.